The predicted octanol–water partition coefficient (Wildman–Crippen LogP) is 2.41. The van der Waals surface area contributed by atoms with Gasteiger partial charge in [-0.2, -0.15) is 0 Å². The summed E-state index contributed by atoms with van der Waals surface area (Å²) in [6, 6.07) is 13.3. The van der Waals surface area contributed by atoms with Crippen LogP contribution in [0.5, 0.6) is 11.6 Å². The van der Waals surface area contributed by atoms with Crippen molar-refractivity contribution in [3.05, 3.63) is 42.5 Å². The SMILES string of the molecule is COc1ccc(-c2nnc3cccc(OC)n23)cc1. The highest BCUT2D eigenvalue weighted by Gasteiger charge is 2.11. The molecule has 0 atom stereocenters. The van der Waals surface area contributed by atoms with E-state index in [-0.39, 0.29) is 0 Å². The number of pyridine rings is 1. The molecule has 19 heavy (non-hydrogen) atoms. The number of aromatic nitrogens is 3. The van der Waals surface area contributed by atoms with Crippen molar-refractivity contribution < 1.29 is 9.47 Å². The first-order valence-electron chi connectivity index (χ1n) is 5.86. The lowest BCUT2D eigenvalue weighted by Crippen LogP contribution is -1.96. The van der Waals surface area contributed by atoms with Crippen LogP contribution in [0, 0.1) is 0 Å². The zero-order chi connectivity index (χ0) is 13.2. The minimum atomic E-state index is 0.702. The van der Waals surface area contributed by atoms with Crippen molar-refractivity contribution in [1.82, 2.24) is 14.6 Å². The van der Waals surface area contributed by atoms with E-state index in [0.717, 1.165) is 22.8 Å². The molecule has 0 N–H and O–H groups in total. The van der Waals surface area contributed by atoms with Gasteiger partial charge in [0.05, 0.1) is 14.2 Å². The number of benzene rings is 1. The van der Waals surface area contributed by atoms with E-state index < -0.39 is 0 Å². The first-order chi connectivity index (χ1) is 9.33. The first kappa shape index (κ1) is 11.5. The quantitative estimate of drug-likeness (QED) is 0.721. The van der Waals surface area contributed by atoms with Gasteiger partial charge in [0.2, 0.25) is 5.88 Å². The van der Waals surface area contributed by atoms with Crippen molar-refractivity contribution in [3.8, 4) is 23.0 Å². The Labute approximate surface area is 110 Å². The van der Waals surface area contributed by atoms with E-state index in [4.69, 9.17) is 9.47 Å². The van der Waals surface area contributed by atoms with E-state index in [1.165, 1.54) is 0 Å². The molecule has 2 heterocycles. The third-order valence-electron chi connectivity index (χ3n) is 2.95. The highest BCUT2D eigenvalue weighted by Crippen LogP contribution is 2.25. The van der Waals surface area contributed by atoms with E-state index in [1.54, 1.807) is 14.2 Å². The second kappa shape index (κ2) is 4.61. The molecule has 0 radical (unpaired) electrons. The van der Waals surface area contributed by atoms with Gasteiger partial charge in [0.15, 0.2) is 11.5 Å². The molecule has 0 fully saturated rings. The smallest absolute Gasteiger partial charge is 0.200 e. The van der Waals surface area contributed by atoms with Gasteiger partial charge in [0.25, 0.3) is 0 Å². The Morgan fingerprint density at radius 2 is 1.68 bits per heavy atom. The molecular formula is C14H13N3O2. The molecule has 3 aromatic rings. The van der Waals surface area contributed by atoms with Gasteiger partial charge in [-0.25, -0.2) is 4.40 Å². The van der Waals surface area contributed by atoms with E-state index in [2.05, 4.69) is 10.2 Å². The van der Waals surface area contributed by atoms with Crippen molar-refractivity contribution >= 4 is 5.65 Å². The number of hydrogen-bond acceptors (Lipinski definition) is 4. The van der Waals surface area contributed by atoms with Crippen LogP contribution in [0.4, 0.5) is 0 Å². The molecule has 0 saturated heterocycles. The first-order valence-corrected chi connectivity index (χ1v) is 5.86. The maximum Gasteiger partial charge on any atom is 0.200 e. The fraction of sp³-hybridized carbons (Fsp3) is 0.143. The van der Waals surface area contributed by atoms with Crippen LogP contribution in [0.1, 0.15) is 0 Å². The van der Waals surface area contributed by atoms with Crippen LogP contribution < -0.4 is 9.47 Å². The molecule has 0 aliphatic carbocycles. The maximum atomic E-state index is 5.35. The van der Waals surface area contributed by atoms with Gasteiger partial charge in [-0.1, -0.05) is 6.07 Å². The standard InChI is InChI=1S/C14H13N3O2/c1-18-11-8-6-10(7-9-11)14-16-15-12-4-3-5-13(19-2)17(12)14/h3-9H,1-2H3. The van der Waals surface area contributed by atoms with Crippen molar-refractivity contribution in [2.45, 2.75) is 0 Å². The summed E-state index contributed by atoms with van der Waals surface area (Å²) in [6.07, 6.45) is 0. The van der Waals surface area contributed by atoms with Crippen LogP contribution in [0.3, 0.4) is 0 Å². The Bertz CT molecular complexity index is 704. The second-order valence-electron chi connectivity index (χ2n) is 4.01. The van der Waals surface area contributed by atoms with Gasteiger partial charge in [-0.15, -0.1) is 10.2 Å². The van der Waals surface area contributed by atoms with Gasteiger partial charge < -0.3 is 9.47 Å². The largest absolute Gasteiger partial charge is 0.497 e. The normalized spacial score (nSPS) is 10.6. The Morgan fingerprint density at radius 3 is 2.37 bits per heavy atom. The van der Waals surface area contributed by atoms with E-state index in [9.17, 15) is 0 Å². The van der Waals surface area contributed by atoms with Gasteiger partial charge in [-0.3, -0.25) is 0 Å². The molecule has 0 spiro atoms. The summed E-state index contributed by atoms with van der Waals surface area (Å²) < 4.78 is 12.4. The molecule has 0 aliphatic heterocycles. The highest BCUT2D eigenvalue weighted by molar-refractivity contribution is 5.61. The number of ether oxygens (including phenoxy) is 2. The van der Waals surface area contributed by atoms with Crippen molar-refractivity contribution in [3.63, 3.8) is 0 Å². The molecule has 0 saturated carbocycles. The third kappa shape index (κ3) is 1.89. The summed E-state index contributed by atoms with van der Waals surface area (Å²) in [4.78, 5) is 0. The van der Waals surface area contributed by atoms with Crippen LogP contribution in [0.2, 0.25) is 0 Å². The van der Waals surface area contributed by atoms with Crippen LogP contribution in [-0.2, 0) is 0 Å². The summed E-state index contributed by atoms with van der Waals surface area (Å²) >= 11 is 0. The zero-order valence-electron chi connectivity index (χ0n) is 10.7. The summed E-state index contributed by atoms with van der Waals surface area (Å²) in [6.45, 7) is 0. The fourth-order valence-corrected chi connectivity index (χ4v) is 2.00. The lowest BCUT2D eigenvalue weighted by Gasteiger charge is -2.06. The van der Waals surface area contributed by atoms with E-state index >= 15 is 0 Å². The molecule has 1 aromatic carbocycles. The van der Waals surface area contributed by atoms with Crippen LogP contribution in [-0.4, -0.2) is 28.8 Å². The number of methoxy groups -OCH3 is 2. The Hall–Kier alpha value is -2.56. The molecule has 96 valence electrons. The predicted molar refractivity (Wildman–Crippen MR) is 71.5 cm³/mol. The average molecular weight is 255 g/mol. The summed E-state index contributed by atoms with van der Waals surface area (Å²) in [5, 5.41) is 8.37. The maximum absolute atomic E-state index is 5.35. The molecule has 0 bridgehead atoms. The molecule has 2 aromatic heterocycles. The molecule has 5 heteroatoms. The van der Waals surface area contributed by atoms with Gasteiger partial charge in [-0.05, 0) is 36.4 Å². The number of hydrogen-bond donors (Lipinski definition) is 0. The lowest BCUT2D eigenvalue weighted by atomic mass is 10.2. The minimum absolute atomic E-state index is 0.702. The molecule has 3 rings (SSSR count). The minimum Gasteiger partial charge on any atom is -0.497 e. The Kier molecular flexibility index (Phi) is 2.79. The van der Waals surface area contributed by atoms with Crippen molar-refractivity contribution in [2.75, 3.05) is 14.2 Å². The molecule has 0 aliphatic rings. The Balaban J connectivity index is 2.18. The van der Waals surface area contributed by atoms with Crippen molar-refractivity contribution in [2.24, 2.45) is 0 Å². The van der Waals surface area contributed by atoms with Crippen LogP contribution >= 0.6 is 0 Å². The topological polar surface area (TPSA) is 48.7 Å². The lowest BCUT2D eigenvalue weighted by molar-refractivity contribution is 0.393. The van der Waals surface area contributed by atoms with E-state index in [0.29, 0.717) is 5.88 Å². The molecule has 5 nitrogen and oxygen atoms in total. The third-order valence-corrected chi connectivity index (χ3v) is 2.95. The number of fused-ring (bicyclic) bond motifs is 1. The summed E-state index contributed by atoms with van der Waals surface area (Å²) in [5.74, 6) is 2.26. The van der Waals surface area contributed by atoms with Gasteiger partial charge in [0.1, 0.15) is 5.75 Å². The fourth-order valence-electron chi connectivity index (χ4n) is 2.00. The van der Waals surface area contributed by atoms with Gasteiger partial charge >= 0.3 is 0 Å². The summed E-state index contributed by atoms with van der Waals surface area (Å²) in [5.41, 5.74) is 1.71. The molecule has 0 unspecified atom stereocenters. The monoisotopic (exact) mass is 255 g/mol. The molecule has 0 amide bonds. The van der Waals surface area contributed by atoms with Crippen LogP contribution in [0.25, 0.3) is 17.0 Å². The Morgan fingerprint density at radius 1 is 0.895 bits per heavy atom. The number of nitrogens with zero attached hydrogens (tertiary/aromatic N) is 3. The highest BCUT2D eigenvalue weighted by atomic mass is 16.5. The average Bonchev–Trinajstić information content (AvgIpc) is 2.91. The van der Waals surface area contributed by atoms with E-state index in [1.807, 2.05) is 46.9 Å². The van der Waals surface area contributed by atoms with Gasteiger partial charge in [0, 0.05) is 5.56 Å². The van der Waals surface area contributed by atoms with Crippen LogP contribution in [0.15, 0.2) is 42.5 Å². The molecular weight excluding hydrogens is 242 g/mol. The summed E-state index contributed by atoms with van der Waals surface area (Å²) in [7, 11) is 3.27. The van der Waals surface area contributed by atoms with Crippen molar-refractivity contribution in [1.29, 1.82) is 0 Å². The number of rotatable bonds is 3. The zero-order valence-corrected chi connectivity index (χ0v) is 10.7. The second-order valence-corrected chi connectivity index (χ2v) is 4.01.